The van der Waals surface area contributed by atoms with Gasteiger partial charge in [-0.05, 0) is 48.5 Å². The Morgan fingerprint density at radius 3 is 2.78 bits per heavy atom. The minimum Gasteiger partial charge on any atom is -0.382 e. The van der Waals surface area contributed by atoms with Crippen LogP contribution in [0.2, 0.25) is 0 Å². The molecule has 4 rings (SSSR count). The van der Waals surface area contributed by atoms with Crippen molar-refractivity contribution in [3.8, 4) is 6.07 Å². The highest BCUT2D eigenvalue weighted by atomic mass is 32.2. The lowest BCUT2D eigenvalue weighted by atomic mass is 10.2. The molecule has 3 aromatic rings. The Balaban J connectivity index is 1.53. The molecule has 0 aliphatic carbocycles. The zero-order valence-corrected chi connectivity index (χ0v) is 17.9. The van der Waals surface area contributed by atoms with Gasteiger partial charge in [0, 0.05) is 18.8 Å². The molecule has 1 atom stereocenters. The van der Waals surface area contributed by atoms with Gasteiger partial charge in [-0.2, -0.15) is 9.57 Å². The number of hydrogen-bond acceptors (Lipinski definition) is 8. The molecule has 1 unspecified atom stereocenters. The second-order valence-corrected chi connectivity index (χ2v) is 9.00. The lowest BCUT2D eigenvalue weighted by Gasteiger charge is -2.26. The minimum absolute atomic E-state index is 0.0736. The van der Waals surface area contributed by atoms with Gasteiger partial charge >= 0.3 is 0 Å². The molecular formula is C20H20N6O5S. The van der Waals surface area contributed by atoms with Crippen molar-refractivity contribution in [3.63, 3.8) is 0 Å². The van der Waals surface area contributed by atoms with Crippen LogP contribution in [0.4, 0.5) is 5.69 Å². The summed E-state index contributed by atoms with van der Waals surface area (Å²) in [6, 6.07) is 12.9. The molecule has 1 aromatic heterocycles. The Morgan fingerprint density at radius 1 is 1.25 bits per heavy atom. The number of nitrogens with zero attached hydrogens (tertiary/aromatic N) is 5. The molecule has 1 saturated heterocycles. The molecule has 166 valence electrons. The van der Waals surface area contributed by atoms with E-state index in [4.69, 9.17) is 14.8 Å². The largest absolute Gasteiger partial charge is 0.382 e. The first-order valence-electron chi connectivity index (χ1n) is 9.80. The SMILES string of the molecule is CC(On1nnc2ccc(S(=O)(=O)N3CCOCC3)cc21)C(=O)Nc1cccc(C#N)c1. The van der Waals surface area contributed by atoms with Crippen LogP contribution < -0.4 is 10.2 Å². The van der Waals surface area contributed by atoms with Crippen LogP contribution in [-0.4, -0.2) is 66.2 Å². The number of aromatic nitrogens is 3. The molecule has 0 radical (unpaired) electrons. The Morgan fingerprint density at radius 2 is 2.03 bits per heavy atom. The van der Waals surface area contributed by atoms with Gasteiger partial charge in [0.1, 0.15) is 11.0 Å². The summed E-state index contributed by atoms with van der Waals surface area (Å²) in [6.07, 6.45) is -0.981. The zero-order valence-electron chi connectivity index (χ0n) is 17.1. The lowest BCUT2D eigenvalue weighted by Crippen LogP contribution is -2.40. The summed E-state index contributed by atoms with van der Waals surface area (Å²) in [4.78, 5) is 19.2. The molecule has 2 heterocycles. The average Bonchev–Trinajstić information content (AvgIpc) is 3.21. The van der Waals surface area contributed by atoms with Crippen LogP contribution in [0, 0.1) is 11.3 Å². The average molecular weight is 456 g/mol. The van der Waals surface area contributed by atoms with Crippen LogP contribution in [0.3, 0.4) is 0 Å². The summed E-state index contributed by atoms with van der Waals surface area (Å²) >= 11 is 0. The van der Waals surface area contributed by atoms with Crippen molar-refractivity contribution < 1.29 is 22.8 Å². The predicted octanol–water partition coefficient (Wildman–Crippen LogP) is 0.780. The maximum atomic E-state index is 12.9. The van der Waals surface area contributed by atoms with E-state index in [0.717, 1.165) is 4.85 Å². The van der Waals surface area contributed by atoms with Crippen molar-refractivity contribution in [2.24, 2.45) is 0 Å². The van der Waals surface area contributed by atoms with Gasteiger partial charge in [0.15, 0.2) is 0 Å². The molecule has 0 bridgehead atoms. The van der Waals surface area contributed by atoms with E-state index < -0.39 is 22.0 Å². The molecule has 32 heavy (non-hydrogen) atoms. The third-order valence-electron chi connectivity index (χ3n) is 4.88. The number of nitrogens with one attached hydrogen (secondary N) is 1. The minimum atomic E-state index is -3.72. The Bertz CT molecular complexity index is 1290. The second kappa shape index (κ2) is 8.91. The normalized spacial score (nSPS) is 15.8. The third kappa shape index (κ3) is 4.40. The van der Waals surface area contributed by atoms with Crippen molar-refractivity contribution in [2.75, 3.05) is 31.6 Å². The number of rotatable bonds is 6. The highest BCUT2D eigenvalue weighted by molar-refractivity contribution is 7.89. The number of anilines is 1. The standard InChI is InChI=1S/C20H20N6O5S/c1-14(20(27)22-16-4-2-3-15(11-16)13-21)31-26-19-12-17(5-6-18(19)23-24-26)32(28,29)25-7-9-30-10-8-25/h2-6,11-12,14H,7-10H2,1H3,(H,22,27). The molecule has 1 fully saturated rings. The number of benzene rings is 2. The molecule has 1 N–H and O–H groups in total. The maximum absolute atomic E-state index is 12.9. The number of carbonyl (C=O) groups is 1. The Kier molecular flexibility index (Phi) is 6.04. The third-order valence-corrected chi connectivity index (χ3v) is 6.78. The number of nitriles is 1. The zero-order chi connectivity index (χ0) is 22.7. The van der Waals surface area contributed by atoms with Gasteiger partial charge in [-0.25, -0.2) is 8.42 Å². The number of amides is 1. The topological polar surface area (TPSA) is 139 Å². The monoisotopic (exact) mass is 456 g/mol. The van der Waals surface area contributed by atoms with Gasteiger partial charge in [0.25, 0.3) is 5.91 Å². The van der Waals surface area contributed by atoms with Crippen LogP contribution in [0.1, 0.15) is 12.5 Å². The molecular weight excluding hydrogens is 436 g/mol. The Labute approximate surface area is 184 Å². The van der Waals surface area contributed by atoms with E-state index in [1.165, 1.54) is 35.5 Å². The van der Waals surface area contributed by atoms with Crippen LogP contribution in [0.5, 0.6) is 0 Å². The van der Waals surface area contributed by atoms with Crippen molar-refractivity contribution in [1.82, 2.24) is 19.5 Å². The van der Waals surface area contributed by atoms with E-state index >= 15 is 0 Å². The fourth-order valence-corrected chi connectivity index (χ4v) is 4.59. The summed E-state index contributed by atoms with van der Waals surface area (Å²) in [5.41, 5.74) is 1.59. The molecule has 1 amide bonds. The van der Waals surface area contributed by atoms with Gasteiger partial charge in [-0.1, -0.05) is 10.9 Å². The van der Waals surface area contributed by atoms with E-state index in [0.29, 0.717) is 35.5 Å². The van der Waals surface area contributed by atoms with Gasteiger partial charge < -0.3 is 14.9 Å². The molecule has 11 nitrogen and oxygen atoms in total. The summed E-state index contributed by atoms with van der Waals surface area (Å²) in [5, 5.41) is 19.5. The van der Waals surface area contributed by atoms with Crippen LogP contribution in [-0.2, 0) is 19.6 Å². The van der Waals surface area contributed by atoms with E-state index in [-0.39, 0.29) is 18.0 Å². The van der Waals surface area contributed by atoms with Crippen molar-refractivity contribution in [2.45, 2.75) is 17.9 Å². The van der Waals surface area contributed by atoms with E-state index in [1.54, 1.807) is 18.2 Å². The van der Waals surface area contributed by atoms with Crippen molar-refractivity contribution >= 4 is 32.7 Å². The highest BCUT2D eigenvalue weighted by Gasteiger charge is 2.27. The predicted molar refractivity (Wildman–Crippen MR) is 113 cm³/mol. The summed E-state index contributed by atoms with van der Waals surface area (Å²) in [6.45, 7) is 2.75. The van der Waals surface area contributed by atoms with Crippen molar-refractivity contribution in [1.29, 1.82) is 5.26 Å². The van der Waals surface area contributed by atoms with Gasteiger partial charge in [-0.15, -0.1) is 5.10 Å². The quantitative estimate of drug-likeness (QED) is 0.574. The second-order valence-electron chi connectivity index (χ2n) is 7.06. The smallest absolute Gasteiger partial charge is 0.267 e. The number of fused-ring (bicyclic) bond motifs is 1. The lowest BCUT2D eigenvalue weighted by molar-refractivity contribution is -0.127. The first-order chi connectivity index (χ1) is 15.4. The van der Waals surface area contributed by atoms with Crippen LogP contribution in [0.15, 0.2) is 47.4 Å². The van der Waals surface area contributed by atoms with Crippen LogP contribution >= 0.6 is 0 Å². The fourth-order valence-electron chi connectivity index (χ4n) is 3.16. The highest BCUT2D eigenvalue weighted by Crippen LogP contribution is 2.21. The number of morpholine rings is 1. The number of sulfonamides is 1. The molecule has 0 spiro atoms. The molecule has 2 aromatic carbocycles. The summed E-state index contributed by atoms with van der Waals surface area (Å²) in [7, 11) is -3.72. The number of ether oxygens (including phenoxy) is 1. The Hall–Kier alpha value is -3.53. The summed E-state index contributed by atoms with van der Waals surface area (Å²) in [5.74, 6) is -0.471. The van der Waals surface area contributed by atoms with Gasteiger partial charge in [0.2, 0.25) is 16.1 Å². The number of hydrogen-bond donors (Lipinski definition) is 1. The first-order valence-corrected chi connectivity index (χ1v) is 11.2. The van der Waals surface area contributed by atoms with Gasteiger partial charge in [0.05, 0.1) is 29.7 Å². The summed E-state index contributed by atoms with van der Waals surface area (Å²) < 4.78 is 32.5. The number of carbonyl (C=O) groups excluding carboxylic acids is 1. The molecule has 12 heteroatoms. The van der Waals surface area contributed by atoms with E-state index in [9.17, 15) is 13.2 Å². The molecule has 0 saturated carbocycles. The van der Waals surface area contributed by atoms with E-state index in [1.807, 2.05) is 6.07 Å². The van der Waals surface area contributed by atoms with Gasteiger partial charge in [-0.3, -0.25) is 4.79 Å². The van der Waals surface area contributed by atoms with Crippen LogP contribution in [0.25, 0.3) is 11.0 Å². The van der Waals surface area contributed by atoms with E-state index in [2.05, 4.69) is 15.6 Å². The maximum Gasteiger partial charge on any atom is 0.267 e. The van der Waals surface area contributed by atoms with Crippen molar-refractivity contribution in [3.05, 3.63) is 48.0 Å². The first kappa shape index (κ1) is 21.7. The molecule has 1 aliphatic rings. The fraction of sp³-hybridized carbons (Fsp3) is 0.300. The molecule has 1 aliphatic heterocycles.